The molecule has 0 amide bonds. The summed E-state index contributed by atoms with van der Waals surface area (Å²) < 4.78 is 63.3. The quantitative estimate of drug-likeness (QED) is 0.819. The summed E-state index contributed by atoms with van der Waals surface area (Å²) in [5.74, 6) is -5.81. The van der Waals surface area contributed by atoms with Crippen molar-refractivity contribution in [2.24, 2.45) is 5.73 Å². The lowest BCUT2D eigenvalue weighted by atomic mass is 9.99. The highest BCUT2D eigenvalue weighted by Crippen LogP contribution is 2.45. The monoisotopic (exact) mass is 312 g/mol. The molecule has 1 atom stereocenters. The molecule has 0 bridgehead atoms. The molecule has 0 saturated heterocycles. The highest BCUT2D eigenvalue weighted by Gasteiger charge is 2.62. The lowest BCUT2D eigenvalue weighted by Gasteiger charge is -2.27. The molecule has 0 aliphatic heterocycles. The normalized spacial score (nSPS) is 14.1. The summed E-state index contributed by atoms with van der Waals surface area (Å²) in [6.45, 7) is 4.89. The van der Waals surface area contributed by atoms with E-state index in [1.165, 1.54) is 6.07 Å². The second-order valence-electron chi connectivity index (χ2n) is 4.51. The molecule has 1 aromatic rings. The Morgan fingerprint density at radius 2 is 1.67 bits per heavy atom. The average molecular weight is 312 g/mol. The highest BCUT2D eigenvalue weighted by molar-refractivity contribution is 5.54. The van der Waals surface area contributed by atoms with Crippen LogP contribution in [0.3, 0.4) is 0 Å². The number of rotatable bonds is 5. The van der Waals surface area contributed by atoms with Crippen molar-refractivity contribution in [3.8, 4) is 5.75 Å². The number of nitrogens with two attached hydrogens (primary N) is 1. The number of halogens is 5. The molecule has 8 heteroatoms. The molecule has 120 valence electrons. The van der Waals surface area contributed by atoms with E-state index in [0.29, 0.717) is 18.8 Å². The first-order valence-electron chi connectivity index (χ1n) is 6.34. The topological polar surface area (TPSA) is 49.5 Å². The predicted molar refractivity (Wildman–Crippen MR) is 69.6 cm³/mol. The minimum atomic E-state index is -5.78. The Kier molecular flexibility index (Phi) is 5.03. The van der Waals surface area contributed by atoms with E-state index in [4.69, 9.17) is 5.73 Å². The van der Waals surface area contributed by atoms with Gasteiger partial charge in [-0.05, 0) is 19.9 Å². The summed E-state index contributed by atoms with van der Waals surface area (Å²) >= 11 is 0. The number of anilines is 1. The van der Waals surface area contributed by atoms with Crippen LogP contribution in [-0.2, 0) is 0 Å². The zero-order valence-corrected chi connectivity index (χ0v) is 11.6. The third kappa shape index (κ3) is 3.37. The van der Waals surface area contributed by atoms with E-state index >= 15 is 0 Å². The van der Waals surface area contributed by atoms with Gasteiger partial charge in [-0.3, -0.25) is 0 Å². The smallest absolute Gasteiger partial charge is 0.455 e. The summed E-state index contributed by atoms with van der Waals surface area (Å²) in [5, 5.41) is 9.72. The lowest BCUT2D eigenvalue weighted by Crippen LogP contribution is -2.45. The number of nitrogens with zero attached hydrogens (tertiary/aromatic N) is 1. The highest BCUT2D eigenvalue weighted by atomic mass is 19.4. The Labute approximate surface area is 119 Å². The summed E-state index contributed by atoms with van der Waals surface area (Å²) in [7, 11) is 0. The van der Waals surface area contributed by atoms with Crippen LogP contribution in [0.25, 0.3) is 0 Å². The van der Waals surface area contributed by atoms with Crippen LogP contribution in [0.1, 0.15) is 25.5 Å². The van der Waals surface area contributed by atoms with E-state index < -0.39 is 29.5 Å². The van der Waals surface area contributed by atoms with Crippen molar-refractivity contribution in [2.45, 2.75) is 32.0 Å². The molecule has 1 aromatic carbocycles. The van der Waals surface area contributed by atoms with Crippen LogP contribution in [0.15, 0.2) is 18.2 Å². The number of hydrogen-bond donors (Lipinski definition) is 2. The standard InChI is InChI=1S/C13H17F5N2O/c1-3-20(4-2)8-5-6-9(10(21)7-8)11(19)12(14,15)13(16,17)18/h5-7,11,21H,3-4,19H2,1-2H3/t11-/m1/s1. The molecular weight excluding hydrogens is 295 g/mol. The lowest BCUT2D eigenvalue weighted by molar-refractivity contribution is -0.291. The Hall–Kier alpha value is -1.57. The van der Waals surface area contributed by atoms with Crippen LogP contribution in [-0.4, -0.2) is 30.3 Å². The largest absolute Gasteiger partial charge is 0.508 e. The molecule has 3 nitrogen and oxygen atoms in total. The van der Waals surface area contributed by atoms with Crippen molar-refractivity contribution < 1.29 is 27.1 Å². The average Bonchev–Trinajstić information content (AvgIpc) is 2.38. The fraction of sp³-hybridized carbons (Fsp3) is 0.538. The van der Waals surface area contributed by atoms with E-state index in [1.807, 2.05) is 13.8 Å². The minimum absolute atomic E-state index is 0.517. The summed E-state index contributed by atoms with van der Waals surface area (Å²) in [6.07, 6.45) is -5.78. The van der Waals surface area contributed by atoms with Crippen LogP contribution in [0.5, 0.6) is 5.75 Å². The molecular formula is C13H17F5N2O. The molecule has 0 saturated carbocycles. The Balaban J connectivity index is 3.16. The van der Waals surface area contributed by atoms with Gasteiger partial charge in [0.05, 0.1) is 0 Å². The number of hydrogen-bond acceptors (Lipinski definition) is 3. The van der Waals surface area contributed by atoms with Crippen molar-refractivity contribution >= 4 is 5.69 Å². The number of phenols is 1. The number of benzene rings is 1. The molecule has 0 aromatic heterocycles. The predicted octanol–water partition coefficient (Wildman–Crippen LogP) is 3.44. The van der Waals surface area contributed by atoms with Gasteiger partial charge in [-0.25, -0.2) is 0 Å². The maximum Gasteiger partial charge on any atom is 0.455 e. The molecule has 0 aliphatic rings. The molecule has 1 rings (SSSR count). The molecule has 0 radical (unpaired) electrons. The van der Waals surface area contributed by atoms with Gasteiger partial charge in [0.1, 0.15) is 11.8 Å². The molecule has 3 N–H and O–H groups in total. The molecule has 0 aliphatic carbocycles. The van der Waals surface area contributed by atoms with E-state index in [1.54, 1.807) is 4.90 Å². The van der Waals surface area contributed by atoms with Crippen LogP contribution >= 0.6 is 0 Å². The number of aromatic hydroxyl groups is 1. The Bertz CT molecular complexity index is 486. The first-order valence-corrected chi connectivity index (χ1v) is 6.34. The third-order valence-electron chi connectivity index (χ3n) is 3.25. The Morgan fingerprint density at radius 1 is 1.14 bits per heavy atom. The van der Waals surface area contributed by atoms with Crippen LogP contribution in [0.4, 0.5) is 27.6 Å². The first kappa shape index (κ1) is 17.5. The molecule has 0 spiro atoms. The number of alkyl halides is 5. The number of phenolic OH excluding ortho intramolecular Hbond substituents is 1. The van der Waals surface area contributed by atoms with E-state index in [0.717, 1.165) is 12.1 Å². The molecule has 0 heterocycles. The summed E-state index contributed by atoms with van der Waals surface area (Å²) in [5.41, 5.74) is 4.88. The van der Waals surface area contributed by atoms with Crippen molar-refractivity contribution in [3.05, 3.63) is 23.8 Å². The Morgan fingerprint density at radius 3 is 2.05 bits per heavy atom. The zero-order chi connectivity index (χ0) is 16.4. The molecule has 21 heavy (non-hydrogen) atoms. The second kappa shape index (κ2) is 6.05. The minimum Gasteiger partial charge on any atom is -0.508 e. The van der Waals surface area contributed by atoms with Gasteiger partial charge >= 0.3 is 12.1 Å². The molecule has 0 fully saturated rings. The van der Waals surface area contributed by atoms with Gasteiger partial charge in [0.2, 0.25) is 0 Å². The van der Waals surface area contributed by atoms with Crippen LogP contribution in [0.2, 0.25) is 0 Å². The fourth-order valence-electron chi connectivity index (χ4n) is 1.95. The van der Waals surface area contributed by atoms with Gasteiger partial charge in [0.15, 0.2) is 0 Å². The van der Waals surface area contributed by atoms with Gasteiger partial charge in [-0.15, -0.1) is 0 Å². The second-order valence-corrected chi connectivity index (χ2v) is 4.51. The third-order valence-corrected chi connectivity index (χ3v) is 3.25. The van der Waals surface area contributed by atoms with Crippen molar-refractivity contribution in [1.82, 2.24) is 0 Å². The van der Waals surface area contributed by atoms with Gasteiger partial charge < -0.3 is 15.7 Å². The van der Waals surface area contributed by atoms with Crippen molar-refractivity contribution in [3.63, 3.8) is 0 Å². The molecule has 0 unspecified atom stereocenters. The van der Waals surface area contributed by atoms with E-state index in [2.05, 4.69) is 0 Å². The van der Waals surface area contributed by atoms with E-state index in [9.17, 15) is 27.1 Å². The van der Waals surface area contributed by atoms with Crippen LogP contribution < -0.4 is 10.6 Å². The van der Waals surface area contributed by atoms with Gasteiger partial charge in [-0.1, -0.05) is 6.07 Å². The first-order chi connectivity index (χ1) is 9.56. The zero-order valence-electron chi connectivity index (χ0n) is 11.6. The maximum atomic E-state index is 13.2. The summed E-state index contributed by atoms with van der Waals surface area (Å²) in [4.78, 5) is 1.80. The fourth-order valence-corrected chi connectivity index (χ4v) is 1.95. The van der Waals surface area contributed by atoms with Crippen LogP contribution in [0, 0.1) is 0 Å². The van der Waals surface area contributed by atoms with Crippen molar-refractivity contribution in [1.29, 1.82) is 0 Å². The maximum absolute atomic E-state index is 13.2. The van der Waals surface area contributed by atoms with Gasteiger partial charge in [-0.2, -0.15) is 22.0 Å². The van der Waals surface area contributed by atoms with Crippen molar-refractivity contribution in [2.75, 3.05) is 18.0 Å². The SMILES string of the molecule is CCN(CC)c1ccc([C@@H](N)C(F)(F)C(F)(F)F)c(O)c1. The van der Waals surface area contributed by atoms with E-state index in [-0.39, 0.29) is 0 Å². The van der Waals surface area contributed by atoms with Gasteiger partial charge in [0, 0.05) is 30.4 Å². The van der Waals surface area contributed by atoms with Gasteiger partial charge in [0.25, 0.3) is 0 Å². The summed E-state index contributed by atoms with van der Waals surface area (Å²) in [6, 6.07) is 0.819.